The molecule has 0 unspecified atom stereocenters. The van der Waals surface area contributed by atoms with E-state index in [1.165, 1.54) is 11.1 Å². The summed E-state index contributed by atoms with van der Waals surface area (Å²) in [7, 11) is 0. The minimum absolute atomic E-state index is 0.0843. The Labute approximate surface area is 194 Å². The molecule has 1 amide bonds. The molecule has 0 saturated heterocycles. The lowest BCUT2D eigenvalue weighted by Crippen LogP contribution is -2.20. The van der Waals surface area contributed by atoms with E-state index in [9.17, 15) is 9.59 Å². The topological polar surface area (TPSA) is 73.9 Å². The standard InChI is InChI=1S/C27H29NO5/c1-3-20-8-12-24(13-9-20)31-18-26(29)28-23-7-5-6-22(16-23)17-33-27(30)19-32-25-14-10-21(4-2)11-15-25/h5-16H,3-4,17-19H2,1-2H3,(H,28,29). The Morgan fingerprint density at radius 3 is 1.88 bits per heavy atom. The first-order chi connectivity index (χ1) is 16.1. The van der Waals surface area contributed by atoms with Gasteiger partial charge in [-0.05, 0) is 65.9 Å². The zero-order chi connectivity index (χ0) is 23.5. The van der Waals surface area contributed by atoms with E-state index in [-0.39, 0.29) is 25.7 Å². The van der Waals surface area contributed by atoms with Crippen LogP contribution in [0.15, 0.2) is 72.8 Å². The number of hydrogen-bond donors (Lipinski definition) is 1. The Morgan fingerprint density at radius 2 is 1.30 bits per heavy atom. The van der Waals surface area contributed by atoms with E-state index in [2.05, 4.69) is 19.2 Å². The van der Waals surface area contributed by atoms with Crippen LogP contribution in [-0.2, 0) is 33.8 Å². The highest BCUT2D eigenvalue weighted by Crippen LogP contribution is 2.15. The molecule has 0 aromatic heterocycles. The average molecular weight is 448 g/mol. The van der Waals surface area contributed by atoms with Gasteiger partial charge in [-0.2, -0.15) is 0 Å². The van der Waals surface area contributed by atoms with Gasteiger partial charge in [-0.1, -0.05) is 50.2 Å². The molecule has 172 valence electrons. The molecule has 3 aromatic carbocycles. The van der Waals surface area contributed by atoms with Gasteiger partial charge in [0.1, 0.15) is 18.1 Å². The van der Waals surface area contributed by atoms with Gasteiger partial charge in [0.05, 0.1) is 0 Å². The van der Waals surface area contributed by atoms with Crippen LogP contribution in [0.25, 0.3) is 0 Å². The summed E-state index contributed by atoms with van der Waals surface area (Å²) in [5.41, 5.74) is 3.77. The molecule has 3 aromatic rings. The van der Waals surface area contributed by atoms with Crippen molar-refractivity contribution in [1.29, 1.82) is 0 Å². The van der Waals surface area contributed by atoms with Crippen LogP contribution in [0.3, 0.4) is 0 Å². The van der Waals surface area contributed by atoms with Crippen LogP contribution >= 0.6 is 0 Å². The second kappa shape index (κ2) is 12.3. The molecule has 3 rings (SSSR count). The SMILES string of the molecule is CCc1ccc(OCC(=O)Nc2cccc(COC(=O)COc3ccc(CC)cc3)c2)cc1. The van der Waals surface area contributed by atoms with Crippen molar-refractivity contribution in [2.75, 3.05) is 18.5 Å². The number of carbonyl (C=O) groups excluding carboxylic acids is 2. The molecule has 6 nitrogen and oxygen atoms in total. The number of benzene rings is 3. The number of rotatable bonds is 11. The quantitative estimate of drug-likeness (QED) is 0.421. The Balaban J connectivity index is 1.41. The molecule has 0 aliphatic heterocycles. The lowest BCUT2D eigenvalue weighted by molar-refractivity contribution is -0.147. The molecule has 0 atom stereocenters. The van der Waals surface area contributed by atoms with Crippen molar-refractivity contribution < 1.29 is 23.8 Å². The first-order valence-corrected chi connectivity index (χ1v) is 11.0. The Morgan fingerprint density at radius 1 is 0.727 bits per heavy atom. The summed E-state index contributed by atoms with van der Waals surface area (Å²) in [4.78, 5) is 24.2. The molecule has 0 aliphatic rings. The molecular weight excluding hydrogens is 418 g/mol. The maximum atomic E-state index is 12.2. The first-order valence-electron chi connectivity index (χ1n) is 11.0. The van der Waals surface area contributed by atoms with Crippen LogP contribution < -0.4 is 14.8 Å². The third kappa shape index (κ3) is 8.00. The summed E-state index contributed by atoms with van der Waals surface area (Å²) in [6, 6.07) is 22.4. The Bertz CT molecular complexity index is 1040. The van der Waals surface area contributed by atoms with Gasteiger partial charge in [-0.25, -0.2) is 4.79 Å². The highest BCUT2D eigenvalue weighted by molar-refractivity contribution is 5.91. The van der Waals surface area contributed by atoms with E-state index in [4.69, 9.17) is 14.2 Å². The largest absolute Gasteiger partial charge is 0.484 e. The van der Waals surface area contributed by atoms with Gasteiger partial charge in [0.15, 0.2) is 13.2 Å². The van der Waals surface area contributed by atoms with Crippen molar-refractivity contribution in [3.63, 3.8) is 0 Å². The number of aryl methyl sites for hydroxylation is 2. The van der Waals surface area contributed by atoms with E-state index < -0.39 is 5.97 Å². The van der Waals surface area contributed by atoms with Crippen LogP contribution in [0.2, 0.25) is 0 Å². The van der Waals surface area contributed by atoms with Crippen molar-refractivity contribution in [3.8, 4) is 11.5 Å². The fourth-order valence-corrected chi connectivity index (χ4v) is 3.08. The number of nitrogens with one attached hydrogen (secondary N) is 1. The van der Waals surface area contributed by atoms with Crippen LogP contribution in [0.1, 0.15) is 30.5 Å². The van der Waals surface area contributed by atoms with E-state index in [1.807, 2.05) is 54.6 Å². The molecular formula is C27H29NO5. The summed E-state index contributed by atoms with van der Waals surface area (Å²) in [6.45, 7) is 3.98. The molecule has 0 radical (unpaired) electrons. The molecule has 0 fully saturated rings. The van der Waals surface area contributed by atoms with Gasteiger partial charge < -0.3 is 19.5 Å². The predicted octanol–water partition coefficient (Wildman–Crippen LogP) is 4.95. The zero-order valence-corrected chi connectivity index (χ0v) is 19.0. The van der Waals surface area contributed by atoms with Gasteiger partial charge in [0.2, 0.25) is 0 Å². The second-order valence-electron chi connectivity index (χ2n) is 7.48. The molecule has 0 spiro atoms. The molecule has 0 saturated carbocycles. The Hall–Kier alpha value is -3.80. The van der Waals surface area contributed by atoms with Gasteiger partial charge in [-0.3, -0.25) is 4.79 Å². The fourth-order valence-electron chi connectivity index (χ4n) is 3.08. The third-order valence-electron chi connectivity index (χ3n) is 5.00. The number of hydrogen-bond acceptors (Lipinski definition) is 5. The van der Waals surface area contributed by atoms with Gasteiger partial charge in [0.25, 0.3) is 5.91 Å². The van der Waals surface area contributed by atoms with Crippen molar-refractivity contribution in [2.24, 2.45) is 0 Å². The van der Waals surface area contributed by atoms with Crippen molar-refractivity contribution in [3.05, 3.63) is 89.5 Å². The number of ether oxygens (including phenoxy) is 3. The summed E-state index contributed by atoms with van der Waals surface area (Å²) in [5.74, 6) is 0.529. The average Bonchev–Trinajstić information content (AvgIpc) is 2.86. The van der Waals surface area contributed by atoms with Crippen LogP contribution in [-0.4, -0.2) is 25.1 Å². The summed E-state index contributed by atoms with van der Waals surface area (Å²) < 4.78 is 16.3. The second-order valence-corrected chi connectivity index (χ2v) is 7.48. The summed E-state index contributed by atoms with van der Waals surface area (Å²) in [5, 5.41) is 2.79. The van der Waals surface area contributed by atoms with E-state index >= 15 is 0 Å². The lowest BCUT2D eigenvalue weighted by Gasteiger charge is -2.10. The predicted molar refractivity (Wildman–Crippen MR) is 127 cm³/mol. The van der Waals surface area contributed by atoms with Crippen LogP contribution in [0.4, 0.5) is 5.69 Å². The minimum Gasteiger partial charge on any atom is -0.484 e. The minimum atomic E-state index is -0.466. The number of anilines is 1. The first kappa shape index (κ1) is 23.9. The molecule has 0 aliphatic carbocycles. The van der Waals surface area contributed by atoms with E-state index in [1.54, 1.807) is 18.2 Å². The highest BCUT2D eigenvalue weighted by atomic mass is 16.6. The van der Waals surface area contributed by atoms with Crippen LogP contribution in [0.5, 0.6) is 11.5 Å². The monoisotopic (exact) mass is 447 g/mol. The van der Waals surface area contributed by atoms with E-state index in [0.717, 1.165) is 18.4 Å². The zero-order valence-electron chi connectivity index (χ0n) is 19.0. The molecule has 0 heterocycles. The van der Waals surface area contributed by atoms with Crippen LogP contribution in [0, 0.1) is 0 Å². The fraction of sp³-hybridized carbons (Fsp3) is 0.259. The summed E-state index contributed by atoms with van der Waals surface area (Å²) in [6.07, 6.45) is 1.90. The van der Waals surface area contributed by atoms with Gasteiger partial charge in [-0.15, -0.1) is 0 Å². The molecule has 33 heavy (non-hydrogen) atoms. The number of amides is 1. The Kier molecular flexibility index (Phi) is 8.88. The lowest BCUT2D eigenvalue weighted by atomic mass is 10.2. The molecule has 0 bridgehead atoms. The van der Waals surface area contributed by atoms with Crippen molar-refractivity contribution >= 4 is 17.6 Å². The third-order valence-corrected chi connectivity index (χ3v) is 5.00. The smallest absolute Gasteiger partial charge is 0.344 e. The van der Waals surface area contributed by atoms with Gasteiger partial charge in [0, 0.05) is 5.69 Å². The van der Waals surface area contributed by atoms with Crippen molar-refractivity contribution in [2.45, 2.75) is 33.3 Å². The molecule has 1 N–H and O–H groups in total. The maximum Gasteiger partial charge on any atom is 0.344 e. The highest BCUT2D eigenvalue weighted by Gasteiger charge is 2.08. The number of esters is 1. The van der Waals surface area contributed by atoms with Crippen molar-refractivity contribution in [1.82, 2.24) is 0 Å². The maximum absolute atomic E-state index is 12.2. The summed E-state index contributed by atoms with van der Waals surface area (Å²) >= 11 is 0. The normalized spacial score (nSPS) is 10.4. The van der Waals surface area contributed by atoms with E-state index in [0.29, 0.717) is 17.2 Å². The van der Waals surface area contributed by atoms with Gasteiger partial charge >= 0.3 is 5.97 Å². The number of carbonyl (C=O) groups is 2. The molecule has 6 heteroatoms.